The van der Waals surface area contributed by atoms with E-state index in [0.717, 1.165) is 42.9 Å². The lowest BCUT2D eigenvalue weighted by molar-refractivity contribution is 0.0986. The molecule has 2 amide bonds. The van der Waals surface area contributed by atoms with Crippen molar-refractivity contribution >= 4 is 45.9 Å². The van der Waals surface area contributed by atoms with Crippen LogP contribution in [0.25, 0.3) is 0 Å². The lowest BCUT2D eigenvalue weighted by Gasteiger charge is -2.21. The minimum atomic E-state index is -0.214. The van der Waals surface area contributed by atoms with Gasteiger partial charge in [0.05, 0.1) is 16.9 Å². The van der Waals surface area contributed by atoms with Crippen LogP contribution < -0.4 is 15.5 Å². The first-order valence-electron chi connectivity index (χ1n) is 11.4. The number of carbonyl (C=O) groups excluding carboxylic acids is 2. The lowest BCUT2D eigenvalue weighted by atomic mass is 10.1. The van der Waals surface area contributed by atoms with E-state index in [0.29, 0.717) is 16.8 Å². The summed E-state index contributed by atoms with van der Waals surface area (Å²) in [5, 5.41) is 8.30. The molecule has 170 valence electrons. The molecule has 0 saturated heterocycles. The molecule has 0 aliphatic carbocycles. The maximum Gasteiger partial charge on any atom is 0.258 e. The van der Waals surface area contributed by atoms with Crippen LogP contribution in [0, 0.1) is 0 Å². The first kappa shape index (κ1) is 21.9. The van der Waals surface area contributed by atoms with Gasteiger partial charge >= 0.3 is 0 Å². The van der Waals surface area contributed by atoms with E-state index in [1.54, 1.807) is 41.7 Å². The van der Waals surface area contributed by atoms with Crippen molar-refractivity contribution in [1.29, 1.82) is 0 Å². The summed E-state index contributed by atoms with van der Waals surface area (Å²) < 4.78 is 0. The number of carbonyl (C=O) groups is 2. The number of nitrogens with one attached hydrogen (secondary N) is 2. The number of rotatable bonds is 5. The Bertz CT molecular complexity index is 1300. The largest absolute Gasteiger partial charge is 0.355 e. The molecule has 3 aromatic carbocycles. The minimum Gasteiger partial charge on any atom is -0.355 e. The third-order valence-corrected chi connectivity index (χ3v) is 6.88. The first-order chi connectivity index (χ1) is 16.7. The van der Waals surface area contributed by atoms with Crippen molar-refractivity contribution in [1.82, 2.24) is 0 Å². The Hall–Kier alpha value is -3.90. The molecule has 0 radical (unpaired) electrons. The predicted octanol–water partition coefficient (Wildman–Crippen LogP) is 6.73. The Labute approximate surface area is 203 Å². The standard InChI is InChI=1S/C28H25N3O2S/c32-27(23-10-4-5-11-24(23)29-21-8-2-1-3-9-21)30-22-15-13-20(14-16-22)28(33)31-18-7-6-12-26-25(31)17-19-34-26/h1-5,8-11,13-17,19,29H,6-7,12,18H2,(H,30,32). The van der Waals surface area contributed by atoms with Gasteiger partial charge in [-0.1, -0.05) is 30.3 Å². The average Bonchev–Trinajstić information content (AvgIpc) is 3.24. The highest BCUT2D eigenvalue weighted by Crippen LogP contribution is 2.32. The molecule has 0 atom stereocenters. The highest BCUT2D eigenvalue weighted by molar-refractivity contribution is 7.10. The van der Waals surface area contributed by atoms with Gasteiger partial charge in [-0.05, 0) is 79.2 Å². The summed E-state index contributed by atoms with van der Waals surface area (Å²) in [4.78, 5) is 29.4. The fourth-order valence-electron chi connectivity index (χ4n) is 4.17. The fraction of sp³-hybridized carbons (Fsp3) is 0.143. The quantitative estimate of drug-likeness (QED) is 0.342. The van der Waals surface area contributed by atoms with E-state index in [1.807, 2.05) is 59.5 Å². The van der Waals surface area contributed by atoms with Crippen molar-refractivity contribution in [3.05, 3.63) is 106 Å². The number of fused-ring (bicyclic) bond motifs is 1. The third-order valence-electron chi connectivity index (χ3n) is 5.91. The van der Waals surface area contributed by atoms with Crippen LogP contribution in [-0.2, 0) is 6.42 Å². The molecule has 0 unspecified atom stereocenters. The van der Waals surface area contributed by atoms with E-state index in [-0.39, 0.29) is 11.8 Å². The Morgan fingerprint density at radius 3 is 2.38 bits per heavy atom. The molecule has 1 aromatic heterocycles. The highest BCUT2D eigenvalue weighted by Gasteiger charge is 2.23. The number of benzene rings is 3. The van der Waals surface area contributed by atoms with E-state index in [1.165, 1.54) is 4.88 Å². The number of hydrogen-bond donors (Lipinski definition) is 2. The second-order valence-electron chi connectivity index (χ2n) is 8.21. The molecule has 5 rings (SSSR count). The molecule has 1 aliphatic heterocycles. The molecule has 6 heteroatoms. The Kier molecular flexibility index (Phi) is 6.40. The van der Waals surface area contributed by atoms with Crippen LogP contribution in [0.15, 0.2) is 90.3 Å². The van der Waals surface area contributed by atoms with Gasteiger partial charge in [0.15, 0.2) is 0 Å². The number of aryl methyl sites for hydroxylation is 1. The minimum absolute atomic E-state index is 0.00293. The number of hydrogen-bond acceptors (Lipinski definition) is 4. The van der Waals surface area contributed by atoms with Crippen LogP contribution in [0.1, 0.15) is 38.4 Å². The maximum absolute atomic E-state index is 13.2. The zero-order valence-electron chi connectivity index (χ0n) is 18.7. The van der Waals surface area contributed by atoms with E-state index in [4.69, 9.17) is 0 Å². The van der Waals surface area contributed by atoms with Gasteiger partial charge in [-0.3, -0.25) is 9.59 Å². The Balaban J connectivity index is 1.30. The second-order valence-corrected chi connectivity index (χ2v) is 9.21. The average molecular weight is 468 g/mol. The van der Waals surface area contributed by atoms with Gasteiger partial charge in [-0.15, -0.1) is 11.3 Å². The summed E-state index contributed by atoms with van der Waals surface area (Å²) in [7, 11) is 0. The Morgan fingerprint density at radius 1 is 0.794 bits per heavy atom. The van der Waals surface area contributed by atoms with Crippen LogP contribution in [0.4, 0.5) is 22.7 Å². The van der Waals surface area contributed by atoms with Crippen molar-refractivity contribution in [2.24, 2.45) is 0 Å². The van der Waals surface area contributed by atoms with Gasteiger partial charge in [0, 0.05) is 28.4 Å². The van der Waals surface area contributed by atoms with Crippen molar-refractivity contribution in [2.75, 3.05) is 22.1 Å². The van der Waals surface area contributed by atoms with Gasteiger partial charge in [0.1, 0.15) is 0 Å². The highest BCUT2D eigenvalue weighted by atomic mass is 32.1. The SMILES string of the molecule is O=C(Nc1ccc(C(=O)N2CCCCc3sccc32)cc1)c1ccccc1Nc1ccccc1. The van der Waals surface area contributed by atoms with Crippen molar-refractivity contribution in [3.8, 4) is 0 Å². The molecular weight excluding hydrogens is 442 g/mol. The zero-order chi connectivity index (χ0) is 23.3. The molecule has 0 bridgehead atoms. The van der Waals surface area contributed by atoms with Gasteiger partial charge in [-0.2, -0.15) is 0 Å². The summed E-state index contributed by atoms with van der Waals surface area (Å²) in [5.41, 5.74) is 4.47. The molecule has 34 heavy (non-hydrogen) atoms. The van der Waals surface area contributed by atoms with Crippen LogP contribution in [-0.4, -0.2) is 18.4 Å². The summed E-state index contributed by atoms with van der Waals surface area (Å²) >= 11 is 1.72. The van der Waals surface area contributed by atoms with Gasteiger partial charge < -0.3 is 15.5 Å². The van der Waals surface area contributed by atoms with E-state index >= 15 is 0 Å². The van der Waals surface area contributed by atoms with E-state index in [2.05, 4.69) is 16.0 Å². The van der Waals surface area contributed by atoms with Crippen molar-refractivity contribution in [2.45, 2.75) is 19.3 Å². The molecule has 4 aromatic rings. The predicted molar refractivity (Wildman–Crippen MR) is 139 cm³/mol. The molecule has 0 spiro atoms. The lowest BCUT2D eigenvalue weighted by Crippen LogP contribution is -2.31. The molecule has 1 aliphatic rings. The Morgan fingerprint density at radius 2 is 1.56 bits per heavy atom. The van der Waals surface area contributed by atoms with Crippen LogP contribution in [0.3, 0.4) is 0 Å². The van der Waals surface area contributed by atoms with Crippen molar-refractivity contribution < 1.29 is 9.59 Å². The number of thiophene rings is 1. The van der Waals surface area contributed by atoms with E-state index < -0.39 is 0 Å². The number of nitrogens with zero attached hydrogens (tertiary/aromatic N) is 1. The molecular formula is C28H25N3O2S. The smallest absolute Gasteiger partial charge is 0.258 e. The van der Waals surface area contributed by atoms with E-state index in [9.17, 15) is 9.59 Å². The zero-order valence-corrected chi connectivity index (χ0v) is 19.5. The topological polar surface area (TPSA) is 61.4 Å². The third kappa shape index (κ3) is 4.72. The van der Waals surface area contributed by atoms with Crippen LogP contribution in [0.2, 0.25) is 0 Å². The summed E-state index contributed by atoms with van der Waals surface area (Å²) in [6.45, 7) is 0.728. The molecule has 2 N–H and O–H groups in total. The molecule has 5 nitrogen and oxygen atoms in total. The molecule has 2 heterocycles. The fourth-order valence-corrected chi connectivity index (χ4v) is 5.09. The van der Waals surface area contributed by atoms with Crippen molar-refractivity contribution in [3.63, 3.8) is 0 Å². The maximum atomic E-state index is 13.2. The van der Waals surface area contributed by atoms with Crippen LogP contribution in [0.5, 0.6) is 0 Å². The summed E-state index contributed by atoms with van der Waals surface area (Å²) in [5.74, 6) is -0.217. The van der Waals surface area contributed by atoms with Crippen LogP contribution >= 0.6 is 11.3 Å². The summed E-state index contributed by atoms with van der Waals surface area (Å²) in [6.07, 6.45) is 3.13. The van der Waals surface area contributed by atoms with Gasteiger partial charge in [0.2, 0.25) is 0 Å². The number of amides is 2. The number of anilines is 4. The number of para-hydroxylation sites is 2. The molecule has 0 saturated carbocycles. The van der Waals surface area contributed by atoms with Gasteiger partial charge in [0.25, 0.3) is 11.8 Å². The normalized spacial score (nSPS) is 13.0. The monoisotopic (exact) mass is 467 g/mol. The summed E-state index contributed by atoms with van der Waals surface area (Å²) in [6, 6.07) is 26.3. The second kappa shape index (κ2) is 9.93. The van der Waals surface area contributed by atoms with Gasteiger partial charge in [-0.25, -0.2) is 0 Å². The molecule has 0 fully saturated rings. The first-order valence-corrected chi connectivity index (χ1v) is 12.3.